The van der Waals surface area contributed by atoms with E-state index in [1.54, 1.807) is 6.20 Å². The molecule has 0 spiro atoms. The maximum atomic E-state index is 4.30. The topological polar surface area (TPSA) is 53.6 Å². The predicted octanol–water partition coefficient (Wildman–Crippen LogP) is 2.48. The molecular weight excluding hydrogens is 188 g/mol. The zero-order valence-corrected chi connectivity index (χ0v) is 9.17. The van der Waals surface area contributed by atoms with Gasteiger partial charge >= 0.3 is 0 Å². The van der Waals surface area contributed by atoms with Crippen LogP contribution in [0.4, 0.5) is 5.69 Å². The fourth-order valence-electron chi connectivity index (χ4n) is 1.61. The number of hydrogen-bond acceptors (Lipinski definition) is 3. The number of rotatable bonds is 4. The third-order valence-corrected chi connectivity index (χ3v) is 2.49. The number of anilines is 1. The summed E-state index contributed by atoms with van der Waals surface area (Å²) in [5.41, 5.74) is 4.21. The fourth-order valence-corrected chi connectivity index (χ4v) is 1.61. The maximum Gasteiger partial charge on any atom is 0.110 e. The van der Waals surface area contributed by atoms with E-state index in [1.807, 2.05) is 6.20 Å². The SMILES string of the molecule is CCCCNc1c(C)cnc2cn[nH]c12. The lowest BCUT2D eigenvalue weighted by Crippen LogP contribution is -2.03. The molecule has 0 aliphatic carbocycles. The average Bonchev–Trinajstić information content (AvgIpc) is 2.69. The molecule has 0 aliphatic heterocycles. The molecule has 15 heavy (non-hydrogen) atoms. The summed E-state index contributed by atoms with van der Waals surface area (Å²) in [5.74, 6) is 0. The van der Waals surface area contributed by atoms with E-state index in [2.05, 4.69) is 34.3 Å². The van der Waals surface area contributed by atoms with Crippen molar-refractivity contribution in [2.24, 2.45) is 0 Å². The number of H-pyrrole nitrogens is 1. The molecule has 0 radical (unpaired) electrons. The molecule has 0 aromatic carbocycles. The smallest absolute Gasteiger partial charge is 0.110 e. The second-order valence-electron chi connectivity index (χ2n) is 3.73. The van der Waals surface area contributed by atoms with Gasteiger partial charge in [-0.15, -0.1) is 0 Å². The highest BCUT2D eigenvalue weighted by atomic mass is 15.1. The largest absolute Gasteiger partial charge is 0.383 e. The number of aromatic nitrogens is 3. The first-order valence-corrected chi connectivity index (χ1v) is 5.35. The van der Waals surface area contributed by atoms with Crippen molar-refractivity contribution in [1.29, 1.82) is 0 Å². The molecule has 4 heteroatoms. The monoisotopic (exact) mass is 204 g/mol. The van der Waals surface area contributed by atoms with Crippen LogP contribution in [0.3, 0.4) is 0 Å². The lowest BCUT2D eigenvalue weighted by molar-refractivity contribution is 0.834. The van der Waals surface area contributed by atoms with Crippen molar-refractivity contribution in [2.75, 3.05) is 11.9 Å². The van der Waals surface area contributed by atoms with Gasteiger partial charge in [0.15, 0.2) is 0 Å². The van der Waals surface area contributed by atoms with Crippen molar-refractivity contribution in [3.05, 3.63) is 18.0 Å². The van der Waals surface area contributed by atoms with Crippen LogP contribution >= 0.6 is 0 Å². The second-order valence-corrected chi connectivity index (χ2v) is 3.73. The van der Waals surface area contributed by atoms with Gasteiger partial charge in [-0.1, -0.05) is 13.3 Å². The van der Waals surface area contributed by atoms with Crippen LogP contribution in [0, 0.1) is 6.92 Å². The molecule has 4 nitrogen and oxygen atoms in total. The molecule has 0 atom stereocenters. The number of aryl methyl sites for hydroxylation is 1. The van der Waals surface area contributed by atoms with Crippen molar-refractivity contribution >= 4 is 16.7 Å². The van der Waals surface area contributed by atoms with E-state index in [0.29, 0.717) is 0 Å². The molecule has 0 saturated heterocycles. The summed E-state index contributed by atoms with van der Waals surface area (Å²) in [6.07, 6.45) is 6.01. The molecule has 0 amide bonds. The number of hydrogen-bond donors (Lipinski definition) is 2. The number of pyridine rings is 1. The number of nitrogens with one attached hydrogen (secondary N) is 2. The van der Waals surface area contributed by atoms with Crippen molar-refractivity contribution in [3.8, 4) is 0 Å². The molecule has 2 aromatic rings. The Bertz CT molecular complexity index is 447. The van der Waals surface area contributed by atoms with Gasteiger partial charge < -0.3 is 5.32 Å². The first-order valence-electron chi connectivity index (χ1n) is 5.35. The third kappa shape index (κ3) is 1.93. The number of nitrogens with zero attached hydrogens (tertiary/aromatic N) is 2. The van der Waals surface area contributed by atoms with Crippen LogP contribution < -0.4 is 5.32 Å². The summed E-state index contributed by atoms with van der Waals surface area (Å²) in [7, 11) is 0. The molecule has 0 bridgehead atoms. The van der Waals surface area contributed by atoms with Crippen LogP contribution in [0.25, 0.3) is 11.0 Å². The summed E-state index contributed by atoms with van der Waals surface area (Å²) in [5, 5.41) is 10.4. The molecule has 2 heterocycles. The van der Waals surface area contributed by atoms with Crippen LogP contribution in [0.2, 0.25) is 0 Å². The van der Waals surface area contributed by atoms with E-state index in [9.17, 15) is 0 Å². The van der Waals surface area contributed by atoms with Gasteiger partial charge in [0.1, 0.15) is 11.0 Å². The Morgan fingerprint density at radius 3 is 3.07 bits per heavy atom. The van der Waals surface area contributed by atoms with E-state index in [0.717, 1.165) is 28.8 Å². The minimum atomic E-state index is 0.916. The van der Waals surface area contributed by atoms with Gasteiger partial charge in [0.25, 0.3) is 0 Å². The van der Waals surface area contributed by atoms with Crippen molar-refractivity contribution < 1.29 is 0 Å². The summed E-state index contributed by atoms with van der Waals surface area (Å²) in [6, 6.07) is 0. The van der Waals surface area contributed by atoms with Crippen molar-refractivity contribution in [3.63, 3.8) is 0 Å². The van der Waals surface area contributed by atoms with Crippen molar-refractivity contribution in [1.82, 2.24) is 15.2 Å². The van der Waals surface area contributed by atoms with E-state index >= 15 is 0 Å². The Morgan fingerprint density at radius 2 is 2.27 bits per heavy atom. The first kappa shape index (κ1) is 9.96. The van der Waals surface area contributed by atoms with Gasteiger partial charge in [0, 0.05) is 12.7 Å². The van der Waals surface area contributed by atoms with Crippen LogP contribution in [-0.2, 0) is 0 Å². The summed E-state index contributed by atoms with van der Waals surface area (Å²) in [4.78, 5) is 4.30. The molecule has 0 saturated carbocycles. The normalized spacial score (nSPS) is 10.8. The first-order chi connectivity index (χ1) is 7.33. The lowest BCUT2D eigenvalue weighted by atomic mass is 10.2. The standard InChI is InChI=1S/C11H16N4/c1-3-4-5-12-10-8(2)6-13-9-7-14-15-11(9)10/h6-7H,3-5H2,1-2H3,(H,12,13)(H,14,15). The van der Waals surface area contributed by atoms with Crippen LogP contribution in [-0.4, -0.2) is 21.7 Å². The zero-order chi connectivity index (χ0) is 10.7. The summed E-state index contributed by atoms with van der Waals surface area (Å²) >= 11 is 0. The van der Waals surface area contributed by atoms with Gasteiger partial charge in [-0.2, -0.15) is 5.10 Å². The average molecular weight is 204 g/mol. The van der Waals surface area contributed by atoms with Gasteiger partial charge in [-0.3, -0.25) is 10.1 Å². The highest BCUT2D eigenvalue weighted by Crippen LogP contribution is 2.22. The van der Waals surface area contributed by atoms with E-state index in [4.69, 9.17) is 0 Å². The maximum absolute atomic E-state index is 4.30. The molecule has 0 aliphatic rings. The van der Waals surface area contributed by atoms with Gasteiger partial charge in [0.2, 0.25) is 0 Å². The Labute approximate surface area is 89.1 Å². The molecule has 0 unspecified atom stereocenters. The van der Waals surface area contributed by atoms with Crippen LogP contribution in [0.1, 0.15) is 25.3 Å². The third-order valence-electron chi connectivity index (χ3n) is 2.49. The van der Waals surface area contributed by atoms with E-state index in [-0.39, 0.29) is 0 Å². The van der Waals surface area contributed by atoms with Crippen molar-refractivity contribution in [2.45, 2.75) is 26.7 Å². The number of fused-ring (bicyclic) bond motifs is 1. The van der Waals surface area contributed by atoms with Crippen LogP contribution in [0.15, 0.2) is 12.4 Å². The van der Waals surface area contributed by atoms with Gasteiger partial charge in [-0.25, -0.2) is 0 Å². The quantitative estimate of drug-likeness (QED) is 0.752. The Hall–Kier alpha value is -1.58. The summed E-state index contributed by atoms with van der Waals surface area (Å²) < 4.78 is 0. The minimum Gasteiger partial charge on any atom is -0.383 e. The fraction of sp³-hybridized carbons (Fsp3) is 0.455. The Kier molecular flexibility index (Phi) is 2.85. The summed E-state index contributed by atoms with van der Waals surface area (Å²) in [6.45, 7) is 5.24. The van der Waals surface area contributed by atoms with E-state index < -0.39 is 0 Å². The molecule has 2 N–H and O–H groups in total. The molecular formula is C11H16N4. The second kappa shape index (κ2) is 4.29. The highest BCUT2D eigenvalue weighted by molar-refractivity contribution is 5.88. The number of aromatic amines is 1. The minimum absolute atomic E-state index is 0.916. The number of unbranched alkanes of at least 4 members (excludes halogenated alkanes) is 1. The highest BCUT2D eigenvalue weighted by Gasteiger charge is 2.06. The van der Waals surface area contributed by atoms with Crippen LogP contribution in [0.5, 0.6) is 0 Å². The van der Waals surface area contributed by atoms with Gasteiger partial charge in [-0.05, 0) is 18.9 Å². The zero-order valence-electron chi connectivity index (χ0n) is 9.17. The molecule has 80 valence electrons. The molecule has 0 fully saturated rings. The van der Waals surface area contributed by atoms with E-state index in [1.165, 1.54) is 12.8 Å². The lowest BCUT2D eigenvalue weighted by Gasteiger charge is -2.09. The predicted molar refractivity (Wildman–Crippen MR) is 62.0 cm³/mol. The molecule has 2 aromatic heterocycles. The Balaban J connectivity index is 2.30. The van der Waals surface area contributed by atoms with Gasteiger partial charge in [0.05, 0.1) is 11.9 Å². The Morgan fingerprint density at radius 1 is 1.40 bits per heavy atom. The molecule has 2 rings (SSSR count).